The molecule has 0 atom stereocenters. The molecule has 2 aromatic carbocycles. The van der Waals surface area contributed by atoms with Gasteiger partial charge in [-0.15, -0.1) is 0 Å². The molecule has 2 aromatic rings. The van der Waals surface area contributed by atoms with Crippen LogP contribution in [0.15, 0.2) is 48.5 Å². The first-order chi connectivity index (χ1) is 12.0. The van der Waals surface area contributed by atoms with E-state index < -0.39 is 4.92 Å². The van der Waals surface area contributed by atoms with E-state index in [0.29, 0.717) is 24.9 Å². The predicted molar refractivity (Wildman–Crippen MR) is 93.1 cm³/mol. The lowest BCUT2D eigenvalue weighted by atomic mass is 10.2. The Balaban J connectivity index is 1.85. The van der Waals surface area contributed by atoms with Crippen molar-refractivity contribution in [1.29, 1.82) is 0 Å². The number of amides is 1. The third-order valence-corrected chi connectivity index (χ3v) is 3.65. The summed E-state index contributed by atoms with van der Waals surface area (Å²) in [4.78, 5) is 34.7. The summed E-state index contributed by atoms with van der Waals surface area (Å²) in [5.74, 6) is 0.248. The average Bonchev–Trinajstić information content (AvgIpc) is 2.64. The van der Waals surface area contributed by atoms with Crippen molar-refractivity contribution in [3.63, 3.8) is 0 Å². The third-order valence-electron chi connectivity index (χ3n) is 3.65. The number of nitrogens with zero attached hydrogens (tertiary/aromatic N) is 2. The first kappa shape index (κ1) is 18.1. The van der Waals surface area contributed by atoms with Gasteiger partial charge in [0.25, 0.3) is 5.69 Å². The molecular weight excluding hydrogens is 324 g/mol. The highest BCUT2D eigenvalue weighted by atomic mass is 16.6. The lowest BCUT2D eigenvalue weighted by Gasteiger charge is -2.17. The zero-order chi connectivity index (χ0) is 18.2. The molecule has 0 radical (unpaired) electrons. The SMILES string of the molecule is CN(C(=O)CCCOc1ccc(C=O)c([N+](=O)[O-])c1)c1ccccc1. The largest absolute Gasteiger partial charge is 0.493 e. The first-order valence-electron chi connectivity index (χ1n) is 7.71. The summed E-state index contributed by atoms with van der Waals surface area (Å²) in [5, 5.41) is 10.9. The molecule has 7 nitrogen and oxygen atoms in total. The molecule has 130 valence electrons. The fourth-order valence-corrected chi connectivity index (χ4v) is 2.25. The second-order valence-corrected chi connectivity index (χ2v) is 5.34. The van der Waals surface area contributed by atoms with E-state index in [1.165, 1.54) is 18.2 Å². The van der Waals surface area contributed by atoms with Crippen LogP contribution in [0, 0.1) is 10.1 Å². The Morgan fingerprint density at radius 3 is 2.60 bits per heavy atom. The Hall–Kier alpha value is -3.22. The van der Waals surface area contributed by atoms with Crippen molar-refractivity contribution in [2.75, 3.05) is 18.6 Å². The highest BCUT2D eigenvalue weighted by molar-refractivity contribution is 5.92. The summed E-state index contributed by atoms with van der Waals surface area (Å²) in [6.45, 7) is 0.242. The standard InChI is InChI=1S/C18H18N2O5/c1-19(15-6-3-2-4-7-15)18(22)8-5-11-25-16-10-9-14(13-21)17(12-16)20(23)24/h2-4,6-7,9-10,12-13H,5,8,11H2,1H3. The van der Waals surface area contributed by atoms with Gasteiger partial charge in [0, 0.05) is 19.2 Å². The maximum absolute atomic E-state index is 12.1. The summed E-state index contributed by atoms with van der Waals surface area (Å²) in [6.07, 6.45) is 1.19. The highest BCUT2D eigenvalue weighted by Gasteiger charge is 2.15. The minimum absolute atomic E-state index is 0.00277. The van der Waals surface area contributed by atoms with E-state index in [9.17, 15) is 19.7 Å². The molecule has 0 fully saturated rings. The van der Waals surface area contributed by atoms with Crippen LogP contribution in [0.5, 0.6) is 5.75 Å². The van der Waals surface area contributed by atoms with Gasteiger partial charge in [-0.2, -0.15) is 0 Å². The zero-order valence-corrected chi connectivity index (χ0v) is 13.8. The van der Waals surface area contributed by atoms with Crippen LogP contribution in [0.4, 0.5) is 11.4 Å². The van der Waals surface area contributed by atoms with Crippen LogP contribution < -0.4 is 9.64 Å². The zero-order valence-electron chi connectivity index (χ0n) is 13.8. The fraction of sp³-hybridized carbons (Fsp3) is 0.222. The van der Waals surface area contributed by atoms with E-state index in [-0.39, 0.29) is 23.8 Å². The number of aldehydes is 1. The minimum Gasteiger partial charge on any atom is -0.493 e. The van der Waals surface area contributed by atoms with Crippen LogP contribution >= 0.6 is 0 Å². The molecule has 0 aromatic heterocycles. The lowest BCUT2D eigenvalue weighted by molar-refractivity contribution is -0.385. The lowest BCUT2D eigenvalue weighted by Crippen LogP contribution is -2.26. The number of carbonyl (C=O) groups is 2. The molecule has 0 spiro atoms. The molecule has 1 amide bonds. The number of ether oxygens (including phenoxy) is 1. The van der Waals surface area contributed by atoms with E-state index in [0.717, 1.165) is 5.69 Å². The van der Waals surface area contributed by atoms with E-state index in [1.807, 2.05) is 30.3 Å². The number of hydrogen-bond acceptors (Lipinski definition) is 5. The van der Waals surface area contributed by atoms with Crippen molar-refractivity contribution in [2.45, 2.75) is 12.8 Å². The molecule has 0 saturated carbocycles. The molecule has 0 heterocycles. The van der Waals surface area contributed by atoms with E-state index in [1.54, 1.807) is 11.9 Å². The molecule has 25 heavy (non-hydrogen) atoms. The van der Waals surface area contributed by atoms with Gasteiger partial charge in [0.15, 0.2) is 6.29 Å². The molecule has 0 aliphatic carbocycles. The maximum atomic E-state index is 12.1. The molecule has 0 N–H and O–H groups in total. The van der Waals surface area contributed by atoms with Crippen molar-refractivity contribution >= 4 is 23.6 Å². The number of carbonyl (C=O) groups excluding carboxylic acids is 2. The van der Waals surface area contributed by atoms with Crippen LogP contribution in [-0.4, -0.2) is 30.8 Å². The highest BCUT2D eigenvalue weighted by Crippen LogP contribution is 2.23. The minimum atomic E-state index is -0.630. The first-order valence-corrected chi connectivity index (χ1v) is 7.71. The van der Waals surface area contributed by atoms with Gasteiger partial charge in [0.1, 0.15) is 5.75 Å². The van der Waals surface area contributed by atoms with Crippen molar-refractivity contribution in [3.8, 4) is 5.75 Å². The number of nitro benzene ring substituents is 1. The van der Waals surface area contributed by atoms with Crippen molar-refractivity contribution in [1.82, 2.24) is 0 Å². The van der Waals surface area contributed by atoms with Crippen LogP contribution in [0.1, 0.15) is 23.2 Å². The Morgan fingerprint density at radius 2 is 1.96 bits per heavy atom. The van der Waals surface area contributed by atoms with Gasteiger partial charge < -0.3 is 9.64 Å². The third kappa shape index (κ3) is 4.87. The number of rotatable bonds is 8. The normalized spacial score (nSPS) is 10.1. The van der Waals surface area contributed by atoms with Gasteiger partial charge in [-0.25, -0.2) is 0 Å². The topological polar surface area (TPSA) is 89.8 Å². The molecule has 7 heteroatoms. The summed E-state index contributed by atoms with van der Waals surface area (Å²) in [6, 6.07) is 13.3. The Kier molecular flexibility index (Phi) is 6.22. The Bertz CT molecular complexity index is 761. The van der Waals surface area contributed by atoms with Crippen LogP contribution in [-0.2, 0) is 4.79 Å². The summed E-state index contributed by atoms with van der Waals surface area (Å²) in [7, 11) is 1.71. The van der Waals surface area contributed by atoms with Crippen molar-refractivity contribution in [2.24, 2.45) is 0 Å². The van der Waals surface area contributed by atoms with Gasteiger partial charge in [-0.1, -0.05) is 18.2 Å². The van der Waals surface area contributed by atoms with Crippen LogP contribution in [0.3, 0.4) is 0 Å². The number of nitro groups is 1. The molecule has 0 bridgehead atoms. The van der Waals surface area contributed by atoms with Crippen molar-refractivity contribution < 1.29 is 19.2 Å². The van der Waals surface area contributed by atoms with Crippen LogP contribution in [0.2, 0.25) is 0 Å². The summed E-state index contributed by atoms with van der Waals surface area (Å²) >= 11 is 0. The molecule has 0 unspecified atom stereocenters. The number of para-hydroxylation sites is 1. The fourth-order valence-electron chi connectivity index (χ4n) is 2.25. The Labute approximate surface area is 145 Å². The maximum Gasteiger partial charge on any atom is 0.283 e. The average molecular weight is 342 g/mol. The number of benzene rings is 2. The van der Waals surface area contributed by atoms with Gasteiger partial charge >= 0.3 is 0 Å². The van der Waals surface area contributed by atoms with Crippen molar-refractivity contribution in [3.05, 3.63) is 64.2 Å². The number of hydrogen-bond donors (Lipinski definition) is 0. The summed E-state index contributed by atoms with van der Waals surface area (Å²) < 4.78 is 5.44. The van der Waals surface area contributed by atoms with Gasteiger partial charge in [0.2, 0.25) is 5.91 Å². The number of anilines is 1. The molecule has 2 rings (SSSR count). The van der Waals surface area contributed by atoms with E-state index in [2.05, 4.69) is 0 Å². The van der Waals surface area contributed by atoms with E-state index >= 15 is 0 Å². The summed E-state index contributed by atoms with van der Waals surface area (Å²) in [5.41, 5.74) is 0.512. The van der Waals surface area contributed by atoms with Gasteiger partial charge in [0.05, 0.1) is 23.2 Å². The van der Waals surface area contributed by atoms with E-state index in [4.69, 9.17) is 4.74 Å². The predicted octanol–water partition coefficient (Wildman–Crippen LogP) is 3.23. The van der Waals surface area contributed by atoms with Crippen LogP contribution in [0.25, 0.3) is 0 Å². The monoisotopic (exact) mass is 342 g/mol. The molecule has 0 aliphatic rings. The second-order valence-electron chi connectivity index (χ2n) is 5.34. The van der Waals surface area contributed by atoms with Gasteiger partial charge in [-0.05, 0) is 30.7 Å². The second kappa shape index (κ2) is 8.58. The quantitative estimate of drug-likeness (QED) is 0.318. The molecule has 0 saturated heterocycles. The molecular formula is C18H18N2O5. The molecule has 0 aliphatic heterocycles. The smallest absolute Gasteiger partial charge is 0.283 e. The Morgan fingerprint density at radius 1 is 1.24 bits per heavy atom. The van der Waals surface area contributed by atoms with Gasteiger partial charge in [-0.3, -0.25) is 19.7 Å².